The van der Waals surface area contributed by atoms with Gasteiger partial charge in [-0.1, -0.05) is 20.8 Å². The third-order valence-corrected chi connectivity index (χ3v) is 6.40. The summed E-state index contributed by atoms with van der Waals surface area (Å²) in [6.07, 6.45) is 4.51. The summed E-state index contributed by atoms with van der Waals surface area (Å²) in [4.78, 5) is 0. The summed E-state index contributed by atoms with van der Waals surface area (Å²) in [5.74, 6) is 1.56. The van der Waals surface area contributed by atoms with Gasteiger partial charge in [0.15, 0.2) is 0 Å². The summed E-state index contributed by atoms with van der Waals surface area (Å²) in [5, 5.41) is 3.39. The standard InChI is InChI=1S/C14H30N2O2S2/c1-14(2,3)19-11-13(15-4)9-12-7-6-8-16(10-12)20(5,17)18/h12-13,15H,6-11H2,1-5H3. The number of rotatable bonds is 6. The van der Waals surface area contributed by atoms with Crippen molar-refractivity contribution in [1.82, 2.24) is 9.62 Å². The Morgan fingerprint density at radius 2 is 2.05 bits per heavy atom. The van der Waals surface area contributed by atoms with E-state index in [9.17, 15) is 8.42 Å². The van der Waals surface area contributed by atoms with Gasteiger partial charge in [-0.15, -0.1) is 0 Å². The van der Waals surface area contributed by atoms with Gasteiger partial charge in [-0.3, -0.25) is 0 Å². The second-order valence-corrected chi connectivity index (χ2v) is 10.6. The van der Waals surface area contributed by atoms with Gasteiger partial charge in [-0.2, -0.15) is 11.8 Å². The van der Waals surface area contributed by atoms with Crippen LogP contribution in [0, 0.1) is 5.92 Å². The number of hydrogen-bond acceptors (Lipinski definition) is 4. The molecule has 6 heteroatoms. The van der Waals surface area contributed by atoms with Crippen LogP contribution in [-0.4, -0.2) is 55.7 Å². The van der Waals surface area contributed by atoms with Crippen LogP contribution in [0.4, 0.5) is 0 Å². The second-order valence-electron chi connectivity index (χ2n) is 6.77. The van der Waals surface area contributed by atoms with E-state index in [1.165, 1.54) is 6.26 Å². The number of nitrogens with zero attached hydrogens (tertiary/aromatic N) is 1. The van der Waals surface area contributed by atoms with Crippen LogP contribution < -0.4 is 5.32 Å². The molecule has 1 aliphatic heterocycles. The first-order chi connectivity index (χ1) is 9.12. The van der Waals surface area contributed by atoms with Crippen LogP contribution in [0.2, 0.25) is 0 Å². The van der Waals surface area contributed by atoms with Gasteiger partial charge < -0.3 is 5.32 Å². The van der Waals surface area contributed by atoms with Gasteiger partial charge in [0.1, 0.15) is 0 Å². The maximum absolute atomic E-state index is 11.7. The van der Waals surface area contributed by atoms with Gasteiger partial charge >= 0.3 is 0 Å². The summed E-state index contributed by atoms with van der Waals surface area (Å²) in [6.45, 7) is 8.08. The Kier molecular flexibility index (Phi) is 6.83. The van der Waals surface area contributed by atoms with Crippen LogP contribution in [0.3, 0.4) is 0 Å². The van der Waals surface area contributed by atoms with Crippen molar-refractivity contribution >= 4 is 21.8 Å². The van der Waals surface area contributed by atoms with E-state index in [-0.39, 0.29) is 4.75 Å². The Bertz CT molecular complexity index is 390. The lowest BCUT2D eigenvalue weighted by molar-refractivity contribution is 0.244. The zero-order valence-corrected chi connectivity index (χ0v) is 15.1. The molecule has 0 aromatic heterocycles. The minimum atomic E-state index is -3.03. The topological polar surface area (TPSA) is 49.4 Å². The zero-order chi connectivity index (χ0) is 15.4. The van der Waals surface area contributed by atoms with Crippen LogP contribution in [0.15, 0.2) is 0 Å². The zero-order valence-electron chi connectivity index (χ0n) is 13.5. The highest BCUT2D eigenvalue weighted by Gasteiger charge is 2.27. The van der Waals surface area contributed by atoms with Crippen LogP contribution in [0.1, 0.15) is 40.0 Å². The minimum Gasteiger partial charge on any atom is -0.316 e. The summed E-state index contributed by atoms with van der Waals surface area (Å²) < 4.78 is 25.2. The SMILES string of the molecule is CNC(CSC(C)(C)C)CC1CCCN(S(C)(=O)=O)C1. The molecule has 0 radical (unpaired) electrons. The van der Waals surface area contributed by atoms with Gasteiger partial charge in [0, 0.05) is 29.6 Å². The van der Waals surface area contributed by atoms with Crippen molar-refractivity contribution in [2.45, 2.75) is 50.8 Å². The van der Waals surface area contributed by atoms with Gasteiger partial charge in [-0.25, -0.2) is 12.7 Å². The fourth-order valence-corrected chi connectivity index (χ4v) is 4.49. The van der Waals surface area contributed by atoms with E-state index in [4.69, 9.17) is 0 Å². The lowest BCUT2D eigenvalue weighted by atomic mass is 9.93. The molecule has 1 N–H and O–H groups in total. The lowest BCUT2D eigenvalue weighted by Gasteiger charge is -2.33. The Hall–Kier alpha value is 0.220. The molecular formula is C14H30N2O2S2. The van der Waals surface area contributed by atoms with E-state index in [0.717, 1.165) is 25.0 Å². The number of piperidine rings is 1. The van der Waals surface area contributed by atoms with Crippen molar-refractivity contribution in [3.8, 4) is 0 Å². The molecule has 4 nitrogen and oxygen atoms in total. The van der Waals surface area contributed by atoms with Crippen molar-refractivity contribution in [1.29, 1.82) is 0 Å². The average Bonchev–Trinajstić information content (AvgIpc) is 2.32. The molecule has 0 bridgehead atoms. The van der Waals surface area contributed by atoms with Gasteiger partial charge in [0.25, 0.3) is 0 Å². The minimum absolute atomic E-state index is 0.278. The number of nitrogens with one attached hydrogen (secondary N) is 1. The van der Waals surface area contributed by atoms with E-state index in [0.29, 0.717) is 25.0 Å². The van der Waals surface area contributed by atoms with Crippen LogP contribution >= 0.6 is 11.8 Å². The van der Waals surface area contributed by atoms with E-state index < -0.39 is 10.0 Å². The molecule has 2 unspecified atom stereocenters. The lowest BCUT2D eigenvalue weighted by Crippen LogP contribution is -2.42. The number of sulfonamides is 1. The van der Waals surface area contributed by atoms with Crippen LogP contribution in [-0.2, 0) is 10.0 Å². The molecule has 1 aliphatic rings. The Balaban J connectivity index is 2.49. The predicted octanol–water partition coefficient (Wildman–Crippen LogP) is 2.17. The first kappa shape index (κ1) is 18.3. The number of hydrogen-bond donors (Lipinski definition) is 1. The third kappa shape index (κ3) is 6.78. The molecule has 1 saturated heterocycles. The summed E-state index contributed by atoms with van der Waals surface area (Å²) in [7, 11) is -1.02. The van der Waals surface area contributed by atoms with Gasteiger partial charge in [0.2, 0.25) is 10.0 Å². The first-order valence-electron chi connectivity index (χ1n) is 7.38. The van der Waals surface area contributed by atoms with Crippen molar-refractivity contribution < 1.29 is 8.42 Å². The van der Waals surface area contributed by atoms with Crippen molar-refractivity contribution in [2.24, 2.45) is 5.92 Å². The Morgan fingerprint density at radius 3 is 2.55 bits per heavy atom. The molecule has 0 spiro atoms. The smallest absolute Gasteiger partial charge is 0.211 e. The van der Waals surface area contributed by atoms with Crippen LogP contribution in [0.5, 0.6) is 0 Å². The quantitative estimate of drug-likeness (QED) is 0.814. The van der Waals surface area contributed by atoms with E-state index in [1.54, 1.807) is 4.31 Å². The number of thioether (sulfide) groups is 1. The maximum Gasteiger partial charge on any atom is 0.211 e. The molecule has 0 amide bonds. The third-order valence-electron chi connectivity index (χ3n) is 3.69. The Morgan fingerprint density at radius 1 is 1.40 bits per heavy atom. The average molecular weight is 323 g/mol. The fraction of sp³-hybridized carbons (Fsp3) is 1.00. The molecule has 120 valence electrons. The van der Waals surface area contributed by atoms with Gasteiger partial charge in [-0.05, 0) is 32.2 Å². The molecule has 0 aliphatic carbocycles. The highest BCUT2D eigenvalue weighted by molar-refractivity contribution is 8.00. The molecule has 1 fully saturated rings. The first-order valence-corrected chi connectivity index (χ1v) is 10.2. The monoisotopic (exact) mass is 322 g/mol. The molecule has 20 heavy (non-hydrogen) atoms. The Labute approximate surface area is 129 Å². The highest BCUT2D eigenvalue weighted by Crippen LogP contribution is 2.27. The van der Waals surface area contributed by atoms with Gasteiger partial charge in [0.05, 0.1) is 6.26 Å². The molecule has 0 saturated carbocycles. The maximum atomic E-state index is 11.7. The van der Waals surface area contributed by atoms with Crippen LogP contribution in [0.25, 0.3) is 0 Å². The van der Waals surface area contributed by atoms with Crippen molar-refractivity contribution in [3.63, 3.8) is 0 Å². The molecule has 0 aromatic carbocycles. The molecular weight excluding hydrogens is 292 g/mol. The second kappa shape index (κ2) is 7.47. The molecule has 0 aromatic rings. The molecule has 1 rings (SSSR count). The summed E-state index contributed by atoms with van der Waals surface area (Å²) in [5.41, 5.74) is 0. The fourth-order valence-electron chi connectivity index (χ4n) is 2.54. The summed E-state index contributed by atoms with van der Waals surface area (Å²) in [6, 6.07) is 0.462. The largest absolute Gasteiger partial charge is 0.316 e. The highest BCUT2D eigenvalue weighted by atomic mass is 32.2. The van der Waals surface area contributed by atoms with E-state index >= 15 is 0 Å². The molecule has 2 atom stereocenters. The summed E-state index contributed by atoms with van der Waals surface area (Å²) >= 11 is 1.97. The van der Waals surface area contributed by atoms with Crippen molar-refractivity contribution in [2.75, 3.05) is 32.1 Å². The van der Waals surface area contributed by atoms with Crippen molar-refractivity contribution in [3.05, 3.63) is 0 Å². The predicted molar refractivity (Wildman–Crippen MR) is 88.8 cm³/mol. The molecule has 1 heterocycles. The normalized spacial score (nSPS) is 23.8. The van der Waals surface area contributed by atoms with E-state index in [1.807, 2.05) is 18.8 Å². The van der Waals surface area contributed by atoms with E-state index in [2.05, 4.69) is 26.1 Å².